The summed E-state index contributed by atoms with van der Waals surface area (Å²) in [4.78, 5) is 11.8. The van der Waals surface area contributed by atoms with Crippen LogP contribution in [0.3, 0.4) is 0 Å². The lowest BCUT2D eigenvalue weighted by Crippen LogP contribution is -2.38. The number of amides is 1. The number of carbonyl (C=O) groups excluding carboxylic acids is 1. The Hall–Kier alpha value is -1.02. The van der Waals surface area contributed by atoms with Crippen LogP contribution < -0.4 is 5.32 Å². The van der Waals surface area contributed by atoms with E-state index in [-0.39, 0.29) is 11.9 Å². The highest BCUT2D eigenvalue weighted by Gasteiger charge is 2.13. The highest BCUT2D eigenvalue weighted by molar-refractivity contribution is 6.18. The topological polar surface area (TPSA) is 29.1 Å². The molecule has 2 nitrogen and oxygen atoms in total. The summed E-state index contributed by atoms with van der Waals surface area (Å²) in [6.45, 7) is 4.19. The second-order valence-corrected chi connectivity index (χ2v) is 5.13. The Labute approximate surface area is 115 Å². The summed E-state index contributed by atoms with van der Waals surface area (Å²) >= 11 is 5.92. The Bertz CT molecular complexity index is 353. The SMILES string of the molecule is CCC(C)CC(=O)NC(CCl)Cc1ccccc1. The smallest absolute Gasteiger partial charge is 0.220 e. The van der Waals surface area contributed by atoms with E-state index in [1.165, 1.54) is 5.56 Å². The van der Waals surface area contributed by atoms with Crippen LogP contribution in [-0.4, -0.2) is 17.8 Å². The summed E-state index contributed by atoms with van der Waals surface area (Å²) < 4.78 is 0. The van der Waals surface area contributed by atoms with E-state index >= 15 is 0 Å². The van der Waals surface area contributed by atoms with Crippen molar-refractivity contribution in [3.05, 3.63) is 35.9 Å². The fourth-order valence-corrected chi connectivity index (χ4v) is 1.98. The highest BCUT2D eigenvalue weighted by Crippen LogP contribution is 2.08. The Morgan fingerprint density at radius 1 is 1.33 bits per heavy atom. The molecular weight excluding hydrogens is 246 g/mol. The van der Waals surface area contributed by atoms with Gasteiger partial charge in [0.15, 0.2) is 0 Å². The maximum atomic E-state index is 11.8. The lowest BCUT2D eigenvalue weighted by Gasteiger charge is -2.17. The van der Waals surface area contributed by atoms with E-state index in [0.29, 0.717) is 18.2 Å². The summed E-state index contributed by atoms with van der Waals surface area (Å²) in [6, 6.07) is 10.1. The summed E-state index contributed by atoms with van der Waals surface area (Å²) in [5.41, 5.74) is 1.20. The molecule has 1 N–H and O–H groups in total. The first-order chi connectivity index (χ1) is 8.65. The summed E-state index contributed by atoms with van der Waals surface area (Å²) in [6.07, 6.45) is 2.40. The van der Waals surface area contributed by atoms with E-state index in [1.54, 1.807) is 0 Å². The molecule has 0 heterocycles. The van der Waals surface area contributed by atoms with Crippen molar-refractivity contribution in [2.45, 2.75) is 39.2 Å². The molecule has 2 unspecified atom stereocenters. The van der Waals surface area contributed by atoms with E-state index in [4.69, 9.17) is 11.6 Å². The zero-order valence-electron chi connectivity index (χ0n) is 11.2. The highest BCUT2D eigenvalue weighted by atomic mass is 35.5. The molecule has 3 heteroatoms. The fraction of sp³-hybridized carbons (Fsp3) is 0.533. The quantitative estimate of drug-likeness (QED) is 0.754. The van der Waals surface area contributed by atoms with Crippen LogP contribution in [0.15, 0.2) is 30.3 Å². The molecule has 1 aromatic rings. The van der Waals surface area contributed by atoms with Gasteiger partial charge in [0.25, 0.3) is 0 Å². The van der Waals surface area contributed by atoms with Crippen LogP contribution in [0.5, 0.6) is 0 Å². The van der Waals surface area contributed by atoms with Gasteiger partial charge in [-0.05, 0) is 17.9 Å². The summed E-state index contributed by atoms with van der Waals surface area (Å²) in [5.74, 6) is 0.977. The van der Waals surface area contributed by atoms with Crippen molar-refractivity contribution in [3.63, 3.8) is 0 Å². The molecule has 0 bridgehead atoms. The predicted molar refractivity (Wildman–Crippen MR) is 76.9 cm³/mol. The van der Waals surface area contributed by atoms with Crippen molar-refractivity contribution >= 4 is 17.5 Å². The number of alkyl halides is 1. The van der Waals surface area contributed by atoms with Crippen molar-refractivity contribution in [2.75, 3.05) is 5.88 Å². The molecule has 2 atom stereocenters. The van der Waals surface area contributed by atoms with Gasteiger partial charge in [-0.1, -0.05) is 50.6 Å². The van der Waals surface area contributed by atoms with Gasteiger partial charge in [0, 0.05) is 18.3 Å². The molecular formula is C15H22ClNO. The van der Waals surface area contributed by atoms with E-state index in [9.17, 15) is 4.79 Å². The lowest BCUT2D eigenvalue weighted by atomic mass is 10.0. The number of hydrogen-bond acceptors (Lipinski definition) is 1. The van der Waals surface area contributed by atoms with Gasteiger partial charge in [-0.15, -0.1) is 11.6 Å². The maximum Gasteiger partial charge on any atom is 0.220 e. The Morgan fingerprint density at radius 2 is 2.00 bits per heavy atom. The molecule has 0 aromatic heterocycles. The average molecular weight is 268 g/mol. The maximum absolute atomic E-state index is 11.8. The van der Waals surface area contributed by atoms with Crippen LogP contribution in [0, 0.1) is 5.92 Å². The largest absolute Gasteiger partial charge is 0.352 e. The lowest BCUT2D eigenvalue weighted by molar-refractivity contribution is -0.122. The Balaban J connectivity index is 2.45. The van der Waals surface area contributed by atoms with Crippen LogP contribution in [0.1, 0.15) is 32.3 Å². The molecule has 100 valence electrons. The molecule has 0 spiro atoms. The van der Waals surface area contributed by atoms with E-state index in [1.807, 2.05) is 18.2 Å². The number of hydrogen-bond donors (Lipinski definition) is 1. The van der Waals surface area contributed by atoms with Crippen molar-refractivity contribution in [1.29, 1.82) is 0 Å². The number of carbonyl (C=O) groups is 1. The van der Waals surface area contributed by atoms with Crippen LogP contribution in [0.2, 0.25) is 0 Å². The molecule has 0 aliphatic rings. The van der Waals surface area contributed by atoms with Crippen molar-refractivity contribution in [2.24, 2.45) is 5.92 Å². The van der Waals surface area contributed by atoms with E-state index < -0.39 is 0 Å². The third-order valence-electron chi connectivity index (χ3n) is 3.11. The monoisotopic (exact) mass is 267 g/mol. The third-order valence-corrected chi connectivity index (χ3v) is 3.48. The van der Waals surface area contributed by atoms with E-state index in [0.717, 1.165) is 12.8 Å². The number of nitrogens with one attached hydrogen (secondary N) is 1. The first-order valence-corrected chi connectivity index (χ1v) is 7.08. The molecule has 1 aromatic carbocycles. The van der Waals surface area contributed by atoms with Gasteiger partial charge in [-0.25, -0.2) is 0 Å². The van der Waals surface area contributed by atoms with Gasteiger partial charge in [-0.2, -0.15) is 0 Å². The van der Waals surface area contributed by atoms with Crippen LogP contribution in [-0.2, 0) is 11.2 Å². The van der Waals surface area contributed by atoms with Crippen molar-refractivity contribution in [1.82, 2.24) is 5.32 Å². The molecule has 0 saturated carbocycles. The van der Waals surface area contributed by atoms with Crippen molar-refractivity contribution < 1.29 is 4.79 Å². The molecule has 0 aliphatic heterocycles. The molecule has 18 heavy (non-hydrogen) atoms. The van der Waals surface area contributed by atoms with Gasteiger partial charge >= 0.3 is 0 Å². The fourth-order valence-electron chi connectivity index (χ4n) is 1.79. The Morgan fingerprint density at radius 3 is 2.56 bits per heavy atom. The summed E-state index contributed by atoms with van der Waals surface area (Å²) in [7, 11) is 0. The van der Waals surface area contributed by atoms with Crippen LogP contribution in [0.25, 0.3) is 0 Å². The molecule has 0 fully saturated rings. The molecule has 0 aliphatic carbocycles. The standard InChI is InChI=1S/C15H22ClNO/c1-3-12(2)9-15(18)17-14(11-16)10-13-7-5-4-6-8-13/h4-8,12,14H,3,9-11H2,1-2H3,(H,17,18). The summed E-state index contributed by atoms with van der Waals surface area (Å²) in [5, 5.41) is 3.01. The molecule has 1 rings (SSSR count). The number of halogens is 1. The van der Waals surface area contributed by atoms with Gasteiger partial charge in [0.1, 0.15) is 0 Å². The zero-order chi connectivity index (χ0) is 13.4. The van der Waals surface area contributed by atoms with E-state index in [2.05, 4.69) is 31.3 Å². The van der Waals surface area contributed by atoms with Gasteiger partial charge < -0.3 is 5.32 Å². The van der Waals surface area contributed by atoms with Gasteiger partial charge in [0.2, 0.25) is 5.91 Å². The van der Waals surface area contributed by atoms with Gasteiger partial charge in [-0.3, -0.25) is 4.79 Å². The second-order valence-electron chi connectivity index (χ2n) is 4.83. The average Bonchev–Trinajstić information content (AvgIpc) is 2.38. The minimum absolute atomic E-state index is 0.0191. The first kappa shape index (κ1) is 15.0. The minimum atomic E-state index is 0.0191. The second kappa shape index (κ2) is 8.15. The number of benzene rings is 1. The predicted octanol–water partition coefficient (Wildman–Crippen LogP) is 3.39. The van der Waals surface area contributed by atoms with Crippen LogP contribution >= 0.6 is 11.6 Å². The molecule has 1 amide bonds. The third kappa shape index (κ3) is 5.54. The van der Waals surface area contributed by atoms with Gasteiger partial charge in [0.05, 0.1) is 0 Å². The number of rotatable bonds is 7. The van der Waals surface area contributed by atoms with Crippen molar-refractivity contribution in [3.8, 4) is 0 Å². The molecule has 0 radical (unpaired) electrons. The minimum Gasteiger partial charge on any atom is -0.352 e. The molecule has 0 saturated heterocycles. The first-order valence-electron chi connectivity index (χ1n) is 6.55. The normalized spacial score (nSPS) is 13.9. The van der Waals surface area contributed by atoms with Crippen LogP contribution in [0.4, 0.5) is 0 Å². The Kier molecular flexibility index (Phi) is 6.81. The zero-order valence-corrected chi connectivity index (χ0v) is 11.9.